The molecule has 3 heterocycles. The predicted molar refractivity (Wildman–Crippen MR) is 106 cm³/mol. The molecule has 0 N–H and O–H groups in total. The van der Waals surface area contributed by atoms with E-state index >= 15 is 0 Å². The Kier molecular flexibility index (Phi) is 5.36. The number of aromatic nitrogens is 3. The standard InChI is InChI=1S/C19H22ClN5S/c1-23-17(20)11-21-18(23)13-25-9-7-24(8-10-25)12-16-14-26-19(22-16)15-5-3-2-4-6-15/h2-6,11,14H,7-10,12-13H2,1H3. The number of nitrogens with zero attached hydrogens (tertiary/aromatic N) is 5. The molecule has 1 aliphatic heterocycles. The fourth-order valence-corrected chi connectivity index (χ4v) is 4.16. The number of piperazine rings is 1. The van der Waals surface area contributed by atoms with Crippen LogP contribution < -0.4 is 0 Å². The molecule has 0 saturated carbocycles. The van der Waals surface area contributed by atoms with Crippen LogP contribution in [0.3, 0.4) is 0 Å². The quantitative estimate of drug-likeness (QED) is 0.671. The highest BCUT2D eigenvalue weighted by molar-refractivity contribution is 7.13. The highest BCUT2D eigenvalue weighted by Gasteiger charge is 2.19. The lowest BCUT2D eigenvalue weighted by Gasteiger charge is -2.34. The van der Waals surface area contributed by atoms with Crippen LogP contribution in [0, 0.1) is 0 Å². The maximum atomic E-state index is 6.07. The summed E-state index contributed by atoms with van der Waals surface area (Å²) in [7, 11) is 1.97. The number of rotatable bonds is 5. The van der Waals surface area contributed by atoms with Gasteiger partial charge in [-0.15, -0.1) is 11.3 Å². The van der Waals surface area contributed by atoms with Gasteiger partial charge in [0.2, 0.25) is 0 Å². The van der Waals surface area contributed by atoms with E-state index in [9.17, 15) is 0 Å². The molecule has 0 bridgehead atoms. The summed E-state index contributed by atoms with van der Waals surface area (Å²) in [5, 5.41) is 3.98. The fourth-order valence-electron chi connectivity index (χ4n) is 3.20. The molecule has 0 radical (unpaired) electrons. The molecule has 0 unspecified atom stereocenters. The Morgan fingerprint density at radius 1 is 1.04 bits per heavy atom. The Hall–Kier alpha value is -1.73. The van der Waals surface area contributed by atoms with Crippen LogP contribution >= 0.6 is 22.9 Å². The van der Waals surface area contributed by atoms with Crippen molar-refractivity contribution in [3.63, 3.8) is 0 Å². The van der Waals surface area contributed by atoms with Gasteiger partial charge in [-0.05, 0) is 0 Å². The molecular formula is C19H22ClN5S. The minimum Gasteiger partial charge on any atom is -0.321 e. The Morgan fingerprint density at radius 2 is 1.73 bits per heavy atom. The van der Waals surface area contributed by atoms with Gasteiger partial charge >= 0.3 is 0 Å². The molecule has 26 heavy (non-hydrogen) atoms. The van der Waals surface area contributed by atoms with Gasteiger partial charge in [0.25, 0.3) is 0 Å². The van der Waals surface area contributed by atoms with Gasteiger partial charge in [0.1, 0.15) is 16.0 Å². The first-order valence-corrected chi connectivity index (χ1v) is 10.1. The normalized spacial score (nSPS) is 16.2. The van der Waals surface area contributed by atoms with Crippen LogP contribution in [0.25, 0.3) is 10.6 Å². The number of hydrogen-bond acceptors (Lipinski definition) is 5. The van der Waals surface area contributed by atoms with Gasteiger partial charge in [-0.25, -0.2) is 9.97 Å². The molecular weight excluding hydrogens is 366 g/mol. The van der Waals surface area contributed by atoms with E-state index in [4.69, 9.17) is 16.6 Å². The van der Waals surface area contributed by atoms with E-state index in [1.807, 2.05) is 17.7 Å². The number of thiazole rings is 1. The van der Waals surface area contributed by atoms with Crippen molar-refractivity contribution in [2.45, 2.75) is 13.1 Å². The monoisotopic (exact) mass is 387 g/mol. The van der Waals surface area contributed by atoms with Crippen LogP contribution in [-0.4, -0.2) is 50.5 Å². The van der Waals surface area contributed by atoms with Gasteiger partial charge < -0.3 is 4.57 Å². The van der Waals surface area contributed by atoms with Crippen molar-refractivity contribution < 1.29 is 0 Å². The maximum absolute atomic E-state index is 6.07. The molecule has 1 aromatic carbocycles. The second kappa shape index (κ2) is 7.88. The molecule has 5 nitrogen and oxygen atoms in total. The van der Waals surface area contributed by atoms with E-state index in [1.54, 1.807) is 17.5 Å². The zero-order valence-corrected chi connectivity index (χ0v) is 16.4. The summed E-state index contributed by atoms with van der Waals surface area (Å²) in [5.74, 6) is 1.02. The Balaban J connectivity index is 1.30. The topological polar surface area (TPSA) is 37.2 Å². The fraction of sp³-hybridized carbons (Fsp3) is 0.368. The Morgan fingerprint density at radius 3 is 2.38 bits per heavy atom. The van der Waals surface area contributed by atoms with Gasteiger partial charge in [-0.2, -0.15) is 0 Å². The number of hydrogen-bond donors (Lipinski definition) is 0. The summed E-state index contributed by atoms with van der Waals surface area (Å²) < 4.78 is 1.95. The van der Waals surface area contributed by atoms with Crippen molar-refractivity contribution in [1.82, 2.24) is 24.3 Å². The molecule has 1 aliphatic rings. The molecule has 1 fully saturated rings. The Labute approximate surface area is 162 Å². The third kappa shape index (κ3) is 3.99. The van der Waals surface area contributed by atoms with Gasteiger partial charge in [-0.3, -0.25) is 9.80 Å². The highest BCUT2D eigenvalue weighted by atomic mass is 35.5. The van der Waals surface area contributed by atoms with Crippen molar-refractivity contribution in [2.24, 2.45) is 7.05 Å². The second-order valence-corrected chi connectivity index (χ2v) is 7.86. The van der Waals surface area contributed by atoms with E-state index in [0.717, 1.165) is 55.8 Å². The van der Waals surface area contributed by atoms with Crippen molar-refractivity contribution in [3.05, 3.63) is 58.6 Å². The van der Waals surface area contributed by atoms with E-state index in [1.165, 1.54) is 5.56 Å². The van der Waals surface area contributed by atoms with Crippen molar-refractivity contribution >= 4 is 22.9 Å². The molecule has 1 saturated heterocycles. The molecule has 0 spiro atoms. The summed E-state index contributed by atoms with van der Waals surface area (Å²) >= 11 is 7.80. The van der Waals surface area contributed by atoms with E-state index in [-0.39, 0.29) is 0 Å². The average Bonchev–Trinajstić information content (AvgIpc) is 3.26. The van der Waals surface area contributed by atoms with Crippen molar-refractivity contribution in [2.75, 3.05) is 26.2 Å². The highest BCUT2D eigenvalue weighted by Crippen LogP contribution is 2.24. The van der Waals surface area contributed by atoms with Gasteiger partial charge in [0, 0.05) is 50.7 Å². The minimum atomic E-state index is 0.691. The number of benzene rings is 1. The molecule has 7 heteroatoms. The molecule has 136 valence electrons. The average molecular weight is 388 g/mol. The SMILES string of the molecule is Cn1c(Cl)cnc1CN1CCN(Cc2csc(-c3ccccc3)n2)CC1. The first-order valence-electron chi connectivity index (χ1n) is 8.79. The lowest BCUT2D eigenvalue weighted by molar-refractivity contribution is 0.118. The van der Waals surface area contributed by atoms with Crippen LogP contribution in [0.2, 0.25) is 5.15 Å². The summed E-state index contributed by atoms with van der Waals surface area (Å²) in [6, 6.07) is 10.4. The minimum absolute atomic E-state index is 0.691. The van der Waals surface area contributed by atoms with Gasteiger partial charge in [0.05, 0.1) is 18.4 Å². The third-order valence-electron chi connectivity index (χ3n) is 4.82. The second-order valence-electron chi connectivity index (χ2n) is 6.62. The third-order valence-corrected chi connectivity index (χ3v) is 6.11. The first kappa shape index (κ1) is 17.7. The van der Waals surface area contributed by atoms with Crippen LogP contribution in [0.15, 0.2) is 41.9 Å². The van der Waals surface area contributed by atoms with Crippen LogP contribution in [0.1, 0.15) is 11.5 Å². The summed E-state index contributed by atoms with van der Waals surface area (Å²) in [4.78, 5) is 14.1. The van der Waals surface area contributed by atoms with Crippen molar-refractivity contribution in [3.8, 4) is 10.6 Å². The molecule has 0 aliphatic carbocycles. The molecule has 0 amide bonds. The van der Waals surface area contributed by atoms with E-state index < -0.39 is 0 Å². The zero-order chi connectivity index (χ0) is 17.9. The van der Waals surface area contributed by atoms with Crippen LogP contribution in [0.5, 0.6) is 0 Å². The summed E-state index contributed by atoms with van der Waals surface area (Å²) in [6.45, 7) is 5.96. The van der Waals surface area contributed by atoms with Crippen LogP contribution in [0.4, 0.5) is 0 Å². The van der Waals surface area contributed by atoms with E-state index in [0.29, 0.717) is 5.15 Å². The number of halogens is 1. The van der Waals surface area contributed by atoms with Crippen LogP contribution in [-0.2, 0) is 20.1 Å². The predicted octanol–water partition coefficient (Wildman–Crippen LogP) is 3.51. The number of imidazole rings is 1. The van der Waals surface area contributed by atoms with Crippen molar-refractivity contribution in [1.29, 1.82) is 0 Å². The lowest BCUT2D eigenvalue weighted by Crippen LogP contribution is -2.45. The summed E-state index contributed by atoms with van der Waals surface area (Å²) in [6.07, 6.45) is 1.72. The van der Waals surface area contributed by atoms with Gasteiger partial charge in [-0.1, -0.05) is 41.9 Å². The van der Waals surface area contributed by atoms with Gasteiger partial charge in [0.15, 0.2) is 0 Å². The lowest BCUT2D eigenvalue weighted by atomic mass is 10.2. The smallest absolute Gasteiger partial charge is 0.128 e. The molecule has 0 atom stereocenters. The van der Waals surface area contributed by atoms with E-state index in [2.05, 4.69) is 44.4 Å². The Bertz CT molecular complexity index is 852. The molecule has 3 aromatic rings. The molecule has 4 rings (SSSR count). The first-order chi connectivity index (χ1) is 12.7. The molecule has 2 aromatic heterocycles. The summed E-state index contributed by atoms with van der Waals surface area (Å²) in [5.41, 5.74) is 2.36. The maximum Gasteiger partial charge on any atom is 0.128 e. The largest absolute Gasteiger partial charge is 0.321 e. The zero-order valence-electron chi connectivity index (χ0n) is 14.8.